The lowest BCUT2D eigenvalue weighted by Gasteiger charge is -2.33. The second-order valence-electron chi connectivity index (χ2n) is 5.22. The Morgan fingerprint density at radius 3 is 2.61 bits per heavy atom. The van der Waals surface area contributed by atoms with Gasteiger partial charge < -0.3 is 16.4 Å². The minimum Gasteiger partial charge on any atom is -0.331 e. The van der Waals surface area contributed by atoms with E-state index in [0.29, 0.717) is 6.54 Å². The van der Waals surface area contributed by atoms with E-state index in [9.17, 15) is 4.79 Å². The number of carbonyl (C=O) groups is 1. The molecule has 0 aliphatic heterocycles. The smallest absolute Gasteiger partial charge is 0.319 e. The molecule has 100 valence electrons. The molecule has 4 nitrogen and oxygen atoms in total. The van der Waals surface area contributed by atoms with Crippen molar-refractivity contribution in [1.29, 1.82) is 0 Å². The van der Waals surface area contributed by atoms with Crippen molar-refractivity contribution in [3.05, 3.63) is 29.8 Å². The highest BCUT2D eigenvalue weighted by molar-refractivity contribution is 5.89. The van der Waals surface area contributed by atoms with Crippen molar-refractivity contribution >= 4 is 11.7 Å². The summed E-state index contributed by atoms with van der Waals surface area (Å²) in [6.45, 7) is 8.43. The normalized spacial score (nSPS) is 14.1. The lowest BCUT2D eigenvalue weighted by Crippen LogP contribution is -2.56. The molecule has 18 heavy (non-hydrogen) atoms. The van der Waals surface area contributed by atoms with Crippen molar-refractivity contribution in [2.75, 3.05) is 11.9 Å². The summed E-state index contributed by atoms with van der Waals surface area (Å²) < 4.78 is 0. The summed E-state index contributed by atoms with van der Waals surface area (Å²) >= 11 is 0. The van der Waals surface area contributed by atoms with Crippen LogP contribution in [0, 0.1) is 12.8 Å². The first-order valence-corrected chi connectivity index (χ1v) is 6.23. The summed E-state index contributed by atoms with van der Waals surface area (Å²) in [4.78, 5) is 11.9. The zero-order valence-electron chi connectivity index (χ0n) is 11.6. The second kappa shape index (κ2) is 5.87. The Balaban J connectivity index is 2.67. The van der Waals surface area contributed by atoms with Gasteiger partial charge in [0.15, 0.2) is 0 Å². The van der Waals surface area contributed by atoms with Crippen LogP contribution in [0.5, 0.6) is 0 Å². The van der Waals surface area contributed by atoms with Crippen LogP contribution in [0.15, 0.2) is 24.3 Å². The van der Waals surface area contributed by atoms with Gasteiger partial charge >= 0.3 is 6.03 Å². The molecule has 0 aromatic heterocycles. The molecule has 1 aromatic rings. The molecule has 0 saturated heterocycles. The number of nitrogens with one attached hydrogen (secondary N) is 2. The number of carbonyl (C=O) groups excluding carboxylic acids is 1. The molecule has 0 saturated carbocycles. The first-order chi connectivity index (χ1) is 8.37. The molecule has 1 aromatic carbocycles. The van der Waals surface area contributed by atoms with E-state index in [4.69, 9.17) is 5.73 Å². The molecule has 4 heteroatoms. The van der Waals surface area contributed by atoms with Gasteiger partial charge in [-0.05, 0) is 37.5 Å². The molecule has 1 rings (SSSR count). The highest BCUT2D eigenvalue weighted by Gasteiger charge is 2.28. The molecule has 0 fully saturated rings. The fourth-order valence-electron chi connectivity index (χ4n) is 1.58. The van der Waals surface area contributed by atoms with Crippen molar-refractivity contribution in [2.45, 2.75) is 33.2 Å². The van der Waals surface area contributed by atoms with Gasteiger partial charge in [-0.25, -0.2) is 4.79 Å². The summed E-state index contributed by atoms with van der Waals surface area (Å²) in [7, 11) is 0. The van der Waals surface area contributed by atoms with E-state index >= 15 is 0 Å². The number of nitrogens with two attached hydrogens (primary N) is 1. The number of rotatable bonds is 4. The minimum absolute atomic E-state index is 0.220. The standard InChI is InChI=1S/C14H23N3O/c1-10(2)14(4,9-15)17-13(18)16-12-7-5-6-11(3)8-12/h5-8,10H,9,15H2,1-4H3,(H2,16,17,18). The molecule has 0 aliphatic carbocycles. The van der Waals surface area contributed by atoms with Crippen LogP contribution in [0.2, 0.25) is 0 Å². The fraction of sp³-hybridized carbons (Fsp3) is 0.500. The predicted octanol–water partition coefficient (Wildman–Crippen LogP) is 2.49. The minimum atomic E-state index is -0.395. The summed E-state index contributed by atoms with van der Waals surface area (Å²) in [6, 6.07) is 7.47. The Labute approximate surface area is 109 Å². The Morgan fingerprint density at radius 2 is 2.11 bits per heavy atom. The van der Waals surface area contributed by atoms with Crippen molar-refractivity contribution in [1.82, 2.24) is 5.32 Å². The van der Waals surface area contributed by atoms with Gasteiger partial charge in [-0.3, -0.25) is 0 Å². The Morgan fingerprint density at radius 1 is 1.44 bits per heavy atom. The average Bonchev–Trinajstić information content (AvgIpc) is 2.28. The van der Waals surface area contributed by atoms with Gasteiger partial charge in [0.2, 0.25) is 0 Å². The van der Waals surface area contributed by atoms with Gasteiger partial charge in [0.05, 0.1) is 5.54 Å². The molecule has 0 bridgehead atoms. The maximum absolute atomic E-state index is 11.9. The monoisotopic (exact) mass is 249 g/mol. The molecule has 1 unspecified atom stereocenters. The van der Waals surface area contributed by atoms with Crippen LogP contribution in [0.3, 0.4) is 0 Å². The number of benzene rings is 1. The lowest BCUT2D eigenvalue weighted by atomic mass is 9.89. The van der Waals surface area contributed by atoms with Crippen molar-refractivity contribution in [3.8, 4) is 0 Å². The van der Waals surface area contributed by atoms with Gasteiger partial charge in [-0.2, -0.15) is 0 Å². The van der Waals surface area contributed by atoms with Crippen LogP contribution in [-0.2, 0) is 0 Å². The maximum Gasteiger partial charge on any atom is 0.319 e. The second-order valence-corrected chi connectivity index (χ2v) is 5.22. The molecule has 1 atom stereocenters. The van der Waals surface area contributed by atoms with Gasteiger partial charge in [0.25, 0.3) is 0 Å². The van der Waals surface area contributed by atoms with Crippen LogP contribution in [0.1, 0.15) is 26.3 Å². The quantitative estimate of drug-likeness (QED) is 0.767. The van der Waals surface area contributed by atoms with Crippen molar-refractivity contribution in [2.24, 2.45) is 11.7 Å². The molecule has 0 radical (unpaired) electrons. The van der Waals surface area contributed by atoms with Crippen LogP contribution in [0.25, 0.3) is 0 Å². The Hall–Kier alpha value is -1.55. The van der Waals surface area contributed by atoms with E-state index in [1.165, 1.54) is 0 Å². The summed E-state index contributed by atoms with van der Waals surface area (Å²) in [6.07, 6.45) is 0. The van der Waals surface area contributed by atoms with E-state index < -0.39 is 5.54 Å². The summed E-state index contributed by atoms with van der Waals surface area (Å²) in [5, 5.41) is 5.76. The van der Waals surface area contributed by atoms with Crippen LogP contribution < -0.4 is 16.4 Å². The van der Waals surface area contributed by atoms with Crippen LogP contribution in [-0.4, -0.2) is 18.1 Å². The number of hydrogen-bond acceptors (Lipinski definition) is 2. The number of urea groups is 1. The maximum atomic E-state index is 11.9. The first kappa shape index (κ1) is 14.5. The number of anilines is 1. The Bertz CT molecular complexity index is 417. The van der Waals surface area contributed by atoms with E-state index in [1.807, 2.05) is 52.0 Å². The molecule has 4 N–H and O–H groups in total. The zero-order chi connectivity index (χ0) is 13.8. The first-order valence-electron chi connectivity index (χ1n) is 6.23. The molecule has 2 amide bonds. The molecule has 0 spiro atoms. The van der Waals surface area contributed by atoms with Crippen molar-refractivity contribution in [3.63, 3.8) is 0 Å². The van der Waals surface area contributed by atoms with Crippen molar-refractivity contribution < 1.29 is 4.79 Å². The third kappa shape index (κ3) is 3.74. The van der Waals surface area contributed by atoms with E-state index in [-0.39, 0.29) is 11.9 Å². The van der Waals surface area contributed by atoms with E-state index in [0.717, 1.165) is 11.3 Å². The SMILES string of the molecule is Cc1cccc(NC(=O)NC(C)(CN)C(C)C)c1. The molecular weight excluding hydrogens is 226 g/mol. The summed E-state index contributed by atoms with van der Waals surface area (Å²) in [5.74, 6) is 0.269. The lowest BCUT2D eigenvalue weighted by molar-refractivity contribution is 0.225. The average molecular weight is 249 g/mol. The third-order valence-corrected chi connectivity index (χ3v) is 3.37. The molecule has 0 heterocycles. The molecule has 0 aliphatic rings. The van der Waals surface area contributed by atoms with Gasteiger partial charge in [0, 0.05) is 12.2 Å². The summed E-state index contributed by atoms with van der Waals surface area (Å²) in [5.41, 5.74) is 7.23. The fourth-order valence-corrected chi connectivity index (χ4v) is 1.58. The number of amides is 2. The largest absolute Gasteiger partial charge is 0.331 e. The van der Waals surface area contributed by atoms with E-state index in [1.54, 1.807) is 0 Å². The van der Waals surface area contributed by atoms with E-state index in [2.05, 4.69) is 10.6 Å². The number of hydrogen-bond donors (Lipinski definition) is 3. The van der Waals surface area contributed by atoms with Crippen LogP contribution >= 0.6 is 0 Å². The van der Waals surface area contributed by atoms with Gasteiger partial charge in [0.1, 0.15) is 0 Å². The highest BCUT2D eigenvalue weighted by atomic mass is 16.2. The topological polar surface area (TPSA) is 67.2 Å². The van der Waals surface area contributed by atoms with Crippen LogP contribution in [0.4, 0.5) is 10.5 Å². The highest BCUT2D eigenvalue weighted by Crippen LogP contribution is 2.15. The predicted molar refractivity (Wildman–Crippen MR) is 75.6 cm³/mol. The zero-order valence-corrected chi connectivity index (χ0v) is 11.6. The molecular formula is C14H23N3O. The van der Waals surface area contributed by atoms with Gasteiger partial charge in [-0.15, -0.1) is 0 Å². The Kier molecular flexibility index (Phi) is 4.73. The third-order valence-electron chi connectivity index (χ3n) is 3.37. The van der Waals surface area contributed by atoms with Gasteiger partial charge in [-0.1, -0.05) is 26.0 Å². The number of aryl methyl sites for hydroxylation is 1.